The zero-order valence-corrected chi connectivity index (χ0v) is 22.6. The molecule has 0 atom stereocenters. The summed E-state index contributed by atoms with van der Waals surface area (Å²) in [4.78, 5) is 33.4. The summed E-state index contributed by atoms with van der Waals surface area (Å²) < 4.78 is 23.7. The number of ketones is 1. The smallest absolute Gasteiger partial charge is 0.277 e. The highest BCUT2D eigenvalue weighted by Gasteiger charge is 2.30. The summed E-state index contributed by atoms with van der Waals surface area (Å²) in [6.45, 7) is 2.26. The van der Waals surface area contributed by atoms with Crippen molar-refractivity contribution in [2.75, 3.05) is 40.6 Å². The second-order valence-electron chi connectivity index (χ2n) is 9.89. The summed E-state index contributed by atoms with van der Waals surface area (Å²) in [6, 6.07) is 20.8. The third-order valence-electron chi connectivity index (χ3n) is 7.41. The lowest BCUT2D eigenvalue weighted by Gasteiger charge is -2.27. The lowest BCUT2D eigenvalue weighted by Crippen LogP contribution is -2.28. The van der Waals surface area contributed by atoms with Crippen molar-refractivity contribution in [3.8, 4) is 0 Å². The maximum absolute atomic E-state index is 14.5. The Labute approximate surface area is 232 Å². The van der Waals surface area contributed by atoms with Crippen molar-refractivity contribution in [1.29, 1.82) is 0 Å². The number of fused-ring (bicyclic) bond motifs is 2. The van der Waals surface area contributed by atoms with Gasteiger partial charge >= 0.3 is 0 Å². The highest BCUT2D eigenvalue weighted by molar-refractivity contribution is 6.23. The molecule has 0 spiro atoms. The Bertz CT molecular complexity index is 1570. The SMILES string of the molecule is CON(C)C(=O)c1cc(C2OCCCO2)c2ccccc2c1C(=O)c1cc(C2OCCCO2)c2ccccc2c1. The van der Waals surface area contributed by atoms with Gasteiger partial charge in [0.25, 0.3) is 5.91 Å². The summed E-state index contributed by atoms with van der Waals surface area (Å²) >= 11 is 0. The standard InChI is InChI=1S/C32H31NO7/c1-33(36-2)30(35)27-19-26(32-39-15-8-16-40-32)23-11-5-6-12-24(23)28(27)29(34)21-17-20-9-3-4-10-22(20)25(18-21)31-37-13-7-14-38-31/h3-6,9-12,17-19,31-32H,7-8,13-16H2,1-2H3. The van der Waals surface area contributed by atoms with E-state index in [2.05, 4.69) is 0 Å². The first kappa shape index (κ1) is 26.6. The number of hydrogen-bond donors (Lipinski definition) is 0. The number of benzene rings is 4. The molecule has 0 radical (unpaired) electrons. The van der Waals surface area contributed by atoms with E-state index in [1.165, 1.54) is 14.2 Å². The predicted molar refractivity (Wildman–Crippen MR) is 149 cm³/mol. The van der Waals surface area contributed by atoms with E-state index in [-0.39, 0.29) is 16.9 Å². The molecule has 4 aromatic rings. The molecule has 0 unspecified atom stereocenters. The van der Waals surface area contributed by atoms with E-state index >= 15 is 0 Å². The minimum absolute atomic E-state index is 0.209. The van der Waals surface area contributed by atoms with Crippen molar-refractivity contribution in [1.82, 2.24) is 5.06 Å². The number of amides is 1. The zero-order chi connectivity index (χ0) is 27.6. The van der Waals surface area contributed by atoms with Crippen molar-refractivity contribution in [3.05, 3.63) is 94.5 Å². The number of rotatable bonds is 6. The molecule has 8 nitrogen and oxygen atoms in total. The van der Waals surface area contributed by atoms with E-state index in [9.17, 15) is 9.59 Å². The van der Waals surface area contributed by atoms with Crippen LogP contribution < -0.4 is 0 Å². The lowest BCUT2D eigenvalue weighted by atomic mass is 9.88. The molecule has 0 aromatic heterocycles. The largest absolute Gasteiger partial charge is 0.348 e. The van der Waals surface area contributed by atoms with E-state index in [0.29, 0.717) is 42.9 Å². The van der Waals surface area contributed by atoms with Gasteiger partial charge in [0, 0.05) is 29.3 Å². The fraction of sp³-hybridized carbons (Fsp3) is 0.312. The van der Waals surface area contributed by atoms with E-state index in [1.54, 1.807) is 6.07 Å². The molecule has 1 amide bonds. The van der Waals surface area contributed by atoms with Crippen molar-refractivity contribution < 1.29 is 33.4 Å². The van der Waals surface area contributed by atoms with Crippen LogP contribution in [0.4, 0.5) is 0 Å². The van der Waals surface area contributed by atoms with Crippen LogP contribution >= 0.6 is 0 Å². The fourth-order valence-corrected chi connectivity index (χ4v) is 5.41. The maximum Gasteiger partial charge on any atom is 0.277 e. The quantitative estimate of drug-likeness (QED) is 0.228. The van der Waals surface area contributed by atoms with E-state index in [1.807, 2.05) is 60.7 Å². The van der Waals surface area contributed by atoms with Crippen LogP contribution in [0.1, 0.15) is 62.8 Å². The third-order valence-corrected chi connectivity index (χ3v) is 7.41. The topological polar surface area (TPSA) is 83.5 Å². The Balaban J connectivity index is 1.57. The average Bonchev–Trinajstić information content (AvgIpc) is 3.03. The minimum atomic E-state index is -0.643. The van der Waals surface area contributed by atoms with Gasteiger partial charge in [-0.25, -0.2) is 5.06 Å². The first-order valence-electron chi connectivity index (χ1n) is 13.5. The third kappa shape index (κ3) is 4.89. The highest BCUT2D eigenvalue weighted by Crippen LogP contribution is 2.37. The minimum Gasteiger partial charge on any atom is -0.348 e. The molecule has 40 heavy (non-hydrogen) atoms. The number of nitrogens with zero attached hydrogens (tertiary/aromatic N) is 1. The molecule has 8 heteroatoms. The van der Waals surface area contributed by atoms with Gasteiger partial charge in [0.15, 0.2) is 18.4 Å². The summed E-state index contributed by atoms with van der Waals surface area (Å²) in [5.41, 5.74) is 2.41. The highest BCUT2D eigenvalue weighted by atomic mass is 16.7. The second kappa shape index (κ2) is 11.4. The van der Waals surface area contributed by atoms with Gasteiger partial charge in [0.1, 0.15) is 0 Å². The first-order valence-corrected chi connectivity index (χ1v) is 13.5. The summed E-state index contributed by atoms with van der Waals surface area (Å²) in [5, 5.41) is 4.37. The molecule has 0 saturated carbocycles. The van der Waals surface area contributed by atoms with Gasteiger partial charge in [-0.1, -0.05) is 48.5 Å². The van der Waals surface area contributed by atoms with Crippen molar-refractivity contribution >= 4 is 33.2 Å². The van der Waals surface area contributed by atoms with Crippen LogP contribution in [0.3, 0.4) is 0 Å². The first-order chi connectivity index (χ1) is 19.6. The number of hydroxylamine groups is 2. The molecule has 0 bridgehead atoms. The van der Waals surface area contributed by atoms with Crippen LogP contribution in [0.5, 0.6) is 0 Å². The van der Waals surface area contributed by atoms with Gasteiger partial charge < -0.3 is 18.9 Å². The molecule has 2 saturated heterocycles. The Morgan fingerprint density at radius 3 is 1.93 bits per heavy atom. The molecule has 2 aliphatic rings. The van der Waals surface area contributed by atoms with Crippen LogP contribution in [-0.2, 0) is 23.8 Å². The number of ether oxygens (including phenoxy) is 4. The molecule has 2 aliphatic heterocycles. The van der Waals surface area contributed by atoms with Crippen LogP contribution in [0.25, 0.3) is 21.5 Å². The molecule has 6 rings (SSSR count). The molecular weight excluding hydrogens is 510 g/mol. The van der Waals surface area contributed by atoms with E-state index in [0.717, 1.165) is 39.6 Å². The van der Waals surface area contributed by atoms with Crippen LogP contribution in [0.2, 0.25) is 0 Å². The number of carbonyl (C=O) groups excluding carboxylic acids is 2. The summed E-state index contributed by atoms with van der Waals surface area (Å²) in [7, 11) is 2.93. The monoisotopic (exact) mass is 541 g/mol. The van der Waals surface area contributed by atoms with E-state index in [4.69, 9.17) is 23.8 Å². The number of hydrogen-bond acceptors (Lipinski definition) is 7. The van der Waals surface area contributed by atoms with Crippen LogP contribution in [0, 0.1) is 0 Å². The molecule has 4 aromatic carbocycles. The Hall–Kier alpha value is -3.66. The van der Waals surface area contributed by atoms with Gasteiger partial charge in [-0.2, -0.15) is 0 Å². The fourth-order valence-electron chi connectivity index (χ4n) is 5.41. The lowest BCUT2D eigenvalue weighted by molar-refractivity contribution is -0.182. The average molecular weight is 542 g/mol. The molecule has 0 N–H and O–H groups in total. The number of carbonyl (C=O) groups is 2. The normalized spacial score (nSPS) is 16.9. The van der Waals surface area contributed by atoms with Gasteiger partial charge in [-0.3, -0.25) is 14.4 Å². The van der Waals surface area contributed by atoms with Crippen LogP contribution in [0.15, 0.2) is 66.7 Å². The zero-order valence-electron chi connectivity index (χ0n) is 22.6. The van der Waals surface area contributed by atoms with Gasteiger partial charge in [-0.15, -0.1) is 0 Å². The Morgan fingerprint density at radius 2 is 1.30 bits per heavy atom. The van der Waals surface area contributed by atoms with Crippen LogP contribution in [-0.4, -0.2) is 57.3 Å². The van der Waals surface area contributed by atoms with Crippen molar-refractivity contribution in [2.24, 2.45) is 0 Å². The molecule has 2 fully saturated rings. The molecule has 2 heterocycles. The van der Waals surface area contributed by atoms with Crippen molar-refractivity contribution in [2.45, 2.75) is 25.4 Å². The molecule has 0 aliphatic carbocycles. The van der Waals surface area contributed by atoms with Gasteiger partial charge in [0.2, 0.25) is 0 Å². The molecular formula is C32H31NO7. The van der Waals surface area contributed by atoms with E-state index < -0.39 is 18.5 Å². The molecule has 206 valence electrons. The Kier molecular flexibility index (Phi) is 7.60. The summed E-state index contributed by atoms with van der Waals surface area (Å²) in [6.07, 6.45) is 0.391. The Morgan fingerprint density at radius 1 is 0.750 bits per heavy atom. The summed E-state index contributed by atoms with van der Waals surface area (Å²) in [5.74, 6) is -0.738. The van der Waals surface area contributed by atoms with Gasteiger partial charge in [-0.05, 0) is 52.6 Å². The van der Waals surface area contributed by atoms with Gasteiger partial charge in [0.05, 0.1) is 39.1 Å². The van der Waals surface area contributed by atoms with Crippen molar-refractivity contribution in [3.63, 3.8) is 0 Å². The maximum atomic E-state index is 14.5. The second-order valence-corrected chi connectivity index (χ2v) is 9.89. The predicted octanol–water partition coefficient (Wildman–Crippen LogP) is 5.73.